The third-order valence-electron chi connectivity index (χ3n) is 7.14. The molecule has 0 rings (SSSR count). The molecule has 0 saturated heterocycles. The molecule has 5 nitrogen and oxygen atoms in total. The van der Waals surface area contributed by atoms with Crippen molar-refractivity contribution in [2.45, 2.75) is 161 Å². The maximum Gasteiger partial charge on any atom is 0.306 e. The van der Waals surface area contributed by atoms with Crippen LogP contribution in [0.25, 0.3) is 0 Å². The van der Waals surface area contributed by atoms with Crippen molar-refractivity contribution in [1.29, 1.82) is 0 Å². The van der Waals surface area contributed by atoms with Crippen LogP contribution in [0.4, 0.5) is 0 Å². The van der Waals surface area contributed by atoms with Gasteiger partial charge in [-0.1, -0.05) is 140 Å². The molecular weight excluding hydrogens is 524 g/mol. The number of aliphatic hydroxyl groups is 1. The smallest absolute Gasteiger partial charge is 0.306 e. The van der Waals surface area contributed by atoms with Crippen LogP contribution in [-0.2, 0) is 19.1 Å². The first-order valence-electron chi connectivity index (χ1n) is 17.2. The summed E-state index contributed by atoms with van der Waals surface area (Å²) in [7, 11) is 0. The van der Waals surface area contributed by atoms with E-state index in [9.17, 15) is 14.7 Å². The summed E-state index contributed by atoms with van der Waals surface area (Å²) < 4.78 is 10.5. The van der Waals surface area contributed by atoms with Gasteiger partial charge in [-0.2, -0.15) is 0 Å². The van der Waals surface area contributed by atoms with Gasteiger partial charge in [-0.3, -0.25) is 9.59 Å². The van der Waals surface area contributed by atoms with Crippen LogP contribution in [0.2, 0.25) is 0 Å². The summed E-state index contributed by atoms with van der Waals surface area (Å²) in [5, 5.41) is 9.44. The van der Waals surface area contributed by atoms with Crippen molar-refractivity contribution in [3.63, 3.8) is 0 Å². The normalized spacial score (nSPS) is 12.7. The molecule has 0 aromatic heterocycles. The van der Waals surface area contributed by atoms with Gasteiger partial charge in [0.05, 0.1) is 6.61 Å². The van der Waals surface area contributed by atoms with E-state index in [0.29, 0.717) is 12.8 Å². The van der Waals surface area contributed by atoms with E-state index in [1.165, 1.54) is 64.2 Å². The minimum Gasteiger partial charge on any atom is -0.462 e. The maximum absolute atomic E-state index is 12.1. The predicted octanol–water partition coefficient (Wildman–Crippen LogP) is 10.3. The molecule has 1 N–H and O–H groups in total. The summed E-state index contributed by atoms with van der Waals surface area (Å²) in [4.78, 5) is 23.9. The Morgan fingerprint density at radius 2 is 1.02 bits per heavy atom. The average molecular weight is 589 g/mol. The van der Waals surface area contributed by atoms with Crippen LogP contribution >= 0.6 is 0 Å². The van der Waals surface area contributed by atoms with Gasteiger partial charge < -0.3 is 14.6 Å². The van der Waals surface area contributed by atoms with Crippen molar-refractivity contribution < 1.29 is 24.2 Å². The first-order valence-corrected chi connectivity index (χ1v) is 17.2. The van der Waals surface area contributed by atoms with Crippen LogP contribution in [0, 0.1) is 0 Å². The van der Waals surface area contributed by atoms with Crippen molar-refractivity contribution >= 4 is 11.9 Å². The number of hydrogen-bond donors (Lipinski definition) is 1. The molecule has 242 valence electrons. The molecule has 42 heavy (non-hydrogen) atoms. The van der Waals surface area contributed by atoms with Crippen molar-refractivity contribution in [2.24, 2.45) is 0 Å². The highest BCUT2D eigenvalue weighted by Gasteiger charge is 2.16. The molecule has 1 atom stereocenters. The molecule has 0 aliphatic carbocycles. The van der Waals surface area contributed by atoms with E-state index in [1.54, 1.807) is 0 Å². The summed E-state index contributed by atoms with van der Waals surface area (Å²) in [6.45, 7) is 3.91. The van der Waals surface area contributed by atoms with E-state index in [0.717, 1.165) is 64.2 Å². The Kier molecular flexibility index (Phi) is 31.7. The zero-order chi connectivity index (χ0) is 30.8. The summed E-state index contributed by atoms with van der Waals surface area (Å²) >= 11 is 0. The molecule has 0 bridgehead atoms. The number of esters is 2. The van der Waals surface area contributed by atoms with Gasteiger partial charge in [0.2, 0.25) is 0 Å². The number of carbonyl (C=O) groups excluding carboxylic acids is 2. The molecule has 1 unspecified atom stereocenters. The second-order valence-electron chi connectivity index (χ2n) is 11.2. The van der Waals surface area contributed by atoms with Gasteiger partial charge in [0.15, 0.2) is 6.10 Å². The largest absolute Gasteiger partial charge is 0.462 e. The Morgan fingerprint density at radius 1 is 0.571 bits per heavy atom. The van der Waals surface area contributed by atoms with Gasteiger partial charge in [-0.25, -0.2) is 0 Å². The summed E-state index contributed by atoms with van der Waals surface area (Å²) in [6.07, 6.45) is 40.6. The Morgan fingerprint density at radius 3 is 1.55 bits per heavy atom. The lowest BCUT2D eigenvalue weighted by Crippen LogP contribution is -2.28. The molecule has 0 saturated carbocycles. The van der Waals surface area contributed by atoms with Crippen LogP contribution in [0.15, 0.2) is 48.6 Å². The van der Waals surface area contributed by atoms with E-state index >= 15 is 0 Å². The van der Waals surface area contributed by atoms with E-state index in [2.05, 4.69) is 62.5 Å². The first-order chi connectivity index (χ1) is 20.6. The standard InChI is InChI=1S/C37H64O5/c1-3-5-7-9-10-11-12-13-14-15-16-17-18-19-20-21-22-23-24-25-26-28-30-32-37(40)42-35(33-38)34-41-36(39)31-29-27-8-6-4-2/h5,7,10-11,13-14,16-17,35,38H,3-4,6,8-9,12,15,18-34H2,1-2H3/b7-5-,11-10-,14-13-,17-16-. The number of carbonyl (C=O) groups is 2. The minimum atomic E-state index is -0.768. The maximum atomic E-state index is 12.1. The number of allylic oxidation sites excluding steroid dienone is 8. The van der Waals surface area contributed by atoms with E-state index < -0.39 is 6.10 Å². The highest BCUT2D eigenvalue weighted by atomic mass is 16.6. The quantitative estimate of drug-likeness (QED) is 0.0513. The molecule has 0 aromatic rings. The molecule has 0 heterocycles. The van der Waals surface area contributed by atoms with E-state index in [1.807, 2.05) is 0 Å². The van der Waals surface area contributed by atoms with Gasteiger partial charge in [0, 0.05) is 12.8 Å². The van der Waals surface area contributed by atoms with Gasteiger partial charge in [-0.15, -0.1) is 0 Å². The molecule has 0 aromatic carbocycles. The van der Waals surface area contributed by atoms with Crippen molar-refractivity contribution in [3.8, 4) is 0 Å². The fraction of sp³-hybridized carbons (Fsp3) is 0.730. The van der Waals surface area contributed by atoms with Crippen LogP contribution in [0.5, 0.6) is 0 Å². The molecule has 5 heteroatoms. The second-order valence-corrected chi connectivity index (χ2v) is 11.2. The fourth-order valence-corrected chi connectivity index (χ4v) is 4.54. The third kappa shape index (κ3) is 30.8. The second kappa shape index (κ2) is 33.4. The van der Waals surface area contributed by atoms with Crippen molar-refractivity contribution in [1.82, 2.24) is 0 Å². The Bertz CT molecular complexity index is 722. The average Bonchev–Trinajstić information content (AvgIpc) is 2.99. The summed E-state index contributed by atoms with van der Waals surface area (Å²) in [5.74, 6) is -0.613. The Labute approximate surface area is 258 Å². The summed E-state index contributed by atoms with van der Waals surface area (Å²) in [5.41, 5.74) is 0. The lowest BCUT2D eigenvalue weighted by atomic mass is 10.0. The molecule has 0 radical (unpaired) electrons. The fourth-order valence-electron chi connectivity index (χ4n) is 4.54. The molecule has 0 amide bonds. The number of ether oxygens (including phenoxy) is 2. The SMILES string of the molecule is CC/C=C\C/C=C\C/C=C\C/C=C\CCCCCCCCCCCCC(=O)OC(CO)COC(=O)CCCCCCC. The molecule has 0 aliphatic heterocycles. The van der Waals surface area contributed by atoms with E-state index in [-0.39, 0.29) is 25.2 Å². The van der Waals surface area contributed by atoms with Crippen molar-refractivity contribution in [2.75, 3.05) is 13.2 Å². The monoisotopic (exact) mass is 588 g/mol. The van der Waals surface area contributed by atoms with Gasteiger partial charge in [0.1, 0.15) is 6.61 Å². The number of hydrogen-bond acceptors (Lipinski definition) is 5. The lowest BCUT2D eigenvalue weighted by Gasteiger charge is -2.15. The van der Waals surface area contributed by atoms with Crippen LogP contribution in [0.1, 0.15) is 155 Å². The first kappa shape index (κ1) is 39.9. The predicted molar refractivity (Wildman–Crippen MR) is 177 cm³/mol. The van der Waals surface area contributed by atoms with Crippen LogP contribution in [0.3, 0.4) is 0 Å². The molecular formula is C37H64O5. The Balaban J connectivity index is 3.52. The highest BCUT2D eigenvalue weighted by Crippen LogP contribution is 2.13. The molecule has 0 spiro atoms. The lowest BCUT2D eigenvalue weighted by molar-refractivity contribution is -0.161. The highest BCUT2D eigenvalue weighted by molar-refractivity contribution is 5.70. The Hall–Kier alpha value is -2.14. The summed E-state index contributed by atoms with van der Waals surface area (Å²) in [6, 6.07) is 0. The van der Waals surface area contributed by atoms with Gasteiger partial charge in [0.25, 0.3) is 0 Å². The van der Waals surface area contributed by atoms with Gasteiger partial charge in [-0.05, 0) is 51.4 Å². The third-order valence-corrected chi connectivity index (χ3v) is 7.14. The zero-order valence-electron chi connectivity index (χ0n) is 27.2. The van der Waals surface area contributed by atoms with Crippen molar-refractivity contribution in [3.05, 3.63) is 48.6 Å². The molecule has 0 aliphatic rings. The topological polar surface area (TPSA) is 72.8 Å². The molecule has 0 fully saturated rings. The van der Waals surface area contributed by atoms with Crippen LogP contribution < -0.4 is 0 Å². The minimum absolute atomic E-state index is 0.0690. The van der Waals surface area contributed by atoms with E-state index in [4.69, 9.17) is 9.47 Å². The van der Waals surface area contributed by atoms with Crippen LogP contribution in [-0.4, -0.2) is 36.4 Å². The number of unbranched alkanes of at least 4 members (excludes halogenated alkanes) is 14. The number of aliphatic hydroxyl groups excluding tert-OH is 1. The zero-order valence-corrected chi connectivity index (χ0v) is 27.2. The van der Waals surface area contributed by atoms with Gasteiger partial charge >= 0.3 is 11.9 Å². The number of rotatable bonds is 30.